The highest BCUT2D eigenvalue weighted by atomic mass is 32.1. The lowest BCUT2D eigenvalue weighted by Gasteiger charge is -2.35. The fraction of sp³-hybridized carbons (Fsp3) is 0.800. The number of nitrogens with zero attached hydrogens (tertiary/aromatic N) is 3. The Morgan fingerprint density at radius 2 is 2.14 bits per heavy atom. The number of carbonyl (C=O) groups excluding carboxylic acids is 1. The SMILES string of the molecule is CC(Nc1nc(C(C)(C)C)ns1)C(=O)N1CCCCC1C. The molecule has 2 rings (SSSR count). The molecule has 0 saturated carbocycles. The van der Waals surface area contributed by atoms with Gasteiger partial charge in [0.15, 0.2) is 0 Å². The van der Waals surface area contributed by atoms with Gasteiger partial charge in [0.2, 0.25) is 11.0 Å². The van der Waals surface area contributed by atoms with Crippen LogP contribution in [-0.4, -0.2) is 38.8 Å². The molecule has 0 spiro atoms. The van der Waals surface area contributed by atoms with Crippen LogP contribution in [0.25, 0.3) is 0 Å². The van der Waals surface area contributed by atoms with Crippen LogP contribution in [-0.2, 0) is 10.2 Å². The van der Waals surface area contributed by atoms with Crippen molar-refractivity contribution in [3.05, 3.63) is 5.82 Å². The van der Waals surface area contributed by atoms with Crippen LogP contribution in [0.3, 0.4) is 0 Å². The smallest absolute Gasteiger partial charge is 0.245 e. The minimum atomic E-state index is -0.258. The highest BCUT2D eigenvalue weighted by molar-refractivity contribution is 7.09. The van der Waals surface area contributed by atoms with Gasteiger partial charge in [0.1, 0.15) is 11.9 Å². The number of piperidine rings is 1. The van der Waals surface area contributed by atoms with Crippen molar-refractivity contribution >= 4 is 22.6 Å². The van der Waals surface area contributed by atoms with Gasteiger partial charge >= 0.3 is 0 Å². The largest absolute Gasteiger partial charge is 0.349 e. The third-order valence-electron chi connectivity index (χ3n) is 3.89. The molecule has 1 aromatic heterocycles. The molecule has 0 aliphatic carbocycles. The number of carbonyl (C=O) groups is 1. The molecule has 1 amide bonds. The third-order valence-corrected chi connectivity index (χ3v) is 4.54. The summed E-state index contributed by atoms with van der Waals surface area (Å²) in [6.45, 7) is 11.2. The fourth-order valence-corrected chi connectivity index (χ4v) is 3.35. The molecule has 118 valence electrons. The Hall–Kier alpha value is -1.17. The Bertz CT molecular complexity index is 494. The zero-order valence-corrected chi connectivity index (χ0v) is 14.5. The van der Waals surface area contributed by atoms with Gasteiger partial charge in [-0.1, -0.05) is 20.8 Å². The summed E-state index contributed by atoms with van der Waals surface area (Å²) in [5, 5.41) is 3.93. The topological polar surface area (TPSA) is 58.1 Å². The van der Waals surface area contributed by atoms with Crippen LogP contribution in [0.1, 0.15) is 59.7 Å². The molecule has 0 radical (unpaired) electrons. The molecule has 0 bridgehead atoms. The first kappa shape index (κ1) is 16.2. The number of anilines is 1. The van der Waals surface area contributed by atoms with E-state index in [0.717, 1.165) is 30.3 Å². The lowest BCUT2D eigenvalue weighted by Crippen LogP contribution is -2.48. The van der Waals surface area contributed by atoms with E-state index in [1.165, 1.54) is 18.0 Å². The van der Waals surface area contributed by atoms with Crippen LogP contribution in [0.4, 0.5) is 5.13 Å². The highest BCUT2D eigenvalue weighted by Gasteiger charge is 2.28. The standard InChI is InChI=1S/C15H26N4OS/c1-10-8-6-7-9-19(10)12(20)11(2)16-14-17-13(18-21-14)15(3,4)5/h10-11H,6-9H2,1-5H3,(H,16,17,18). The first-order chi connectivity index (χ1) is 9.79. The lowest BCUT2D eigenvalue weighted by molar-refractivity contribution is -0.134. The summed E-state index contributed by atoms with van der Waals surface area (Å²) >= 11 is 1.33. The molecule has 2 unspecified atom stereocenters. The first-order valence-electron chi connectivity index (χ1n) is 7.70. The second-order valence-electron chi connectivity index (χ2n) is 6.92. The molecule has 1 saturated heterocycles. The van der Waals surface area contributed by atoms with Crippen molar-refractivity contribution in [2.24, 2.45) is 0 Å². The van der Waals surface area contributed by atoms with Gasteiger partial charge in [0.25, 0.3) is 0 Å². The summed E-state index contributed by atoms with van der Waals surface area (Å²) in [7, 11) is 0. The van der Waals surface area contributed by atoms with Crippen molar-refractivity contribution in [3.8, 4) is 0 Å². The second-order valence-corrected chi connectivity index (χ2v) is 7.67. The van der Waals surface area contributed by atoms with E-state index < -0.39 is 0 Å². The summed E-state index contributed by atoms with van der Waals surface area (Å²) in [4.78, 5) is 19.0. The Labute approximate surface area is 131 Å². The fourth-order valence-electron chi connectivity index (χ4n) is 2.51. The number of amides is 1. The number of likely N-dealkylation sites (tertiary alicyclic amines) is 1. The first-order valence-corrected chi connectivity index (χ1v) is 8.47. The van der Waals surface area contributed by atoms with Crippen LogP contribution < -0.4 is 5.32 Å². The van der Waals surface area contributed by atoms with E-state index in [1.807, 2.05) is 11.8 Å². The summed E-state index contributed by atoms with van der Waals surface area (Å²) in [6.07, 6.45) is 3.43. The van der Waals surface area contributed by atoms with Crippen LogP contribution in [0.2, 0.25) is 0 Å². The van der Waals surface area contributed by atoms with Crippen molar-refractivity contribution in [1.29, 1.82) is 0 Å². The van der Waals surface area contributed by atoms with Crippen molar-refractivity contribution in [2.45, 2.75) is 71.4 Å². The van der Waals surface area contributed by atoms with Crippen LogP contribution >= 0.6 is 11.5 Å². The molecule has 21 heavy (non-hydrogen) atoms. The van der Waals surface area contributed by atoms with E-state index in [-0.39, 0.29) is 17.4 Å². The molecule has 1 aliphatic rings. The van der Waals surface area contributed by atoms with E-state index in [9.17, 15) is 4.79 Å². The lowest BCUT2D eigenvalue weighted by atomic mass is 9.96. The van der Waals surface area contributed by atoms with E-state index in [0.29, 0.717) is 6.04 Å². The van der Waals surface area contributed by atoms with E-state index >= 15 is 0 Å². The molecule has 1 N–H and O–H groups in total. The molecule has 0 aromatic carbocycles. The van der Waals surface area contributed by atoms with Gasteiger partial charge in [0, 0.05) is 29.5 Å². The Morgan fingerprint density at radius 3 is 2.71 bits per heavy atom. The van der Waals surface area contributed by atoms with E-state index in [4.69, 9.17) is 0 Å². The molecule has 6 heteroatoms. The quantitative estimate of drug-likeness (QED) is 0.932. The van der Waals surface area contributed by atoms with Gasteiger partial charge in [0.05, 0.1) is 0 Å². The maximum absolute atomic E-state index is 12.5. The Kier molecular flexibility index (Phi) is 4.86. The number of nitrogens with one attached hydrogen (secondary N) is 1. The minimum absolute atomic E-state index is 0.0644. The average Bonchev–Trinajstić information content (AvgIpc) is 2.87. The van der Waals surface area contributed by atoms with Gasteiger partial charge < -0.3 is 10.2 Å². The molecule has 2 heterocycles. The normalized spacial score (nSPS) is 21.2. The maximum Gasteiger partial charge on any atom is 0.245 e. The van der Waals surface area contributed by atoms with Gasteiger partial charge in [-0.3, -0.25) is 4.79 Å². The molecule has 5 nitrogen and oxygen atoms in total. The predicted molar refractivity (Wildman–Crippen MR) is 86.7 cm³/mol. The van der Waals surface area contributed by atoms with Gasteiger partial charge in [-0.15, -0.1) is 0 Å². The van der Waals surface area contributed by atoms with Crippen LogP contribution in [0.15, 0.2) is 0 Å². The average molecular weight is 310 g/mol. The van der Waals surface area contributed by atoms with Crippen LogP contribution in [0, 0.1) is 0 Å². The van der Waals surface area contributed by atoms with Crippen molar-refractivity contribution < 1.29 is 4.79 Å². The molecular weight excluding hydrogens is 284 g/mol. The number of rotatable bonds is 3. The summed E-state index contributed by atoms with van der Waals surface area (Å²) < 4.78 is 4.37. The highest BCUT2D eigenvalue weighted by Crippen LogP contribution is 2.24. The number of aromatic nitrogens is 2. The number of hydrogen-bond acceptors (Lipinski definition) is 5. The molecule has 1 aromatic rings. The zero-order valence-electron chi connectivity index (χ0n) is 13.6. The Morgan fingerprint density at radius 1 is 1.43 bits per heavy atom. The van der Waals surface area contributed by atoms with Crippen LogP contribution in [0.5, 0.6) is 0 Å². The van der Waals surface area contributed by atoms with Gasteiger partial charge in [-0.2, -0.15) is 4.37 Å². The molecule has 2 atom stereocenters. The van der Waals surface area contributed by atoms with Crippen molar-refractivity contribution in [1.82, 2.24) is 14.3 Å². The predicted octanol–water partition coefficient (Wildman–Crippen LogP) is 3.04. The molecule has 1 aliphatic heterocycles. The molecule has 1 fully saturated rings. The van der Waals surface area contributed by atoms with Gasteiger partial charge in [-0.05, 0) is 33.1 Å². The van der Waals surface area contributed by atoms with Crippen molar-refractivity contribution in [3.63, 3.8) is 0 Å². The maximum atomic E-state index is 12.5. The monoisotopic (exact) mass is 310 g/mol. The minimum Gasteiger partial charge on any atom is -0.349 e. The Balaban J connectivity index is 1.99. The van der Waals surface area contributed by atoms with Gasteiger partial charge in [-0.25, -0.2) is 4.98 Å². The van der Waals surface area contributed by atoms with E-state index in [2.05, 4.69) is 42.4 Å². The second kappa shape index (κ2) is 6.30. The summed E-state index contributed by atoms with van der Waals surface area (Å²) in [5.41, 5.74) is -0.0644. The third kappa shape index (κ3) is 3.93. The molecular formula is C15H26N4OS. The number of hydrogen-bond donors (Lipinski definition) is 1. The summed E-state index contributed by atoms with van der Waals surface area (Å²) in [6, 6.07) is 0.0846. The zero-order chi connectivity index (χ0) is 15.6. The van der Waals surface area contributed by atoms with E-state index in [1.54, 1.807) is 0 Å². The van der Waals surface area contributed by atoms with Crippen molar-refractivity contribution in [2.75, 3.05) is 11.9 Å². The summed E-state index contributed by atoms with van der Waals surface area (Å²) in [5.74, 6) is 0.982.